The summed E-state index contributed by atoms with van der Waals surface area (Å²) in [7, 11) is 0. The molecule has 1 N–H and O–H groups in total. The fraction of sp³-hybridized carbons (Fsp3) is 0.0968. The van der Waals surface area contributed by atoms with Gasteiger partial charge in [-0.05, 0) is 17.0 Å². The molecule has 0 bridgehead atoms. The van der Waals surface area contributed by atoms with Crippen LogP contribution in [0.15, 0.2) is 115 Å². The normalized spacial score (nSPS) is 11.1. The van der Waals surface area contributed by atoms with Gasteiger partial charge < -0.3 is 10.2 Å². The number of anilines is 1. The van der Waals surface area contributed by atoms with Gasteiger partial charge in [0.05, 0.1) is 11.4 Å². The van der Waals surface area contributed by atoms with E-state index in [-0.39, 0.29) is 6.03 Å². The SMILES string of the molecule is O=C(Nc1cccc2ccccc12)N(CCc1csc2nc(-c3ccccc3)cn12)Cc1ccccc1. The molecule has 0 aliphatic heterocycles. The van der Waals surface area contributed by atoms with Crippen LogP contribution in [0.3, 0.4) is 0 Å². The van der Waals surface area contributed by atoms with E-state index in [1.165, 1.54) is 0 Å². The van der Waals surface area contributed by atoms with Crippen LogP contribution in [0.4, 0.5) is 10.5 Å². The molecule has 4 aromatic carbocycles. The Morgan fingerprint density at radius 1 is 0.865 bits per heavy atom. The Balaban J connectivity index is 1.24. The first-order chi connectivity index (χ1) is 18.2. The third kappa shape index (κ3) is 4.97. The molecule has 0 spiro atoms. The average molecular weight is 503 g/mol. The van der Waals surface area contributed by atoms with E-state index < -0.39 is 0 Å². The van der Waals surface area contributed by atoms with Crippen molar-refractivity contribution < 1.29 is 4.79 Å². The van der Waals surface area contributed by atoms with E-state index in [9.17, 15) is 4.79 Å². The Bertz CT molecular complexity index is 1650. The summed E-state index contributed by atoms with van der Waals surface area (Å²) in [5.41, 5.74) is 5.12. The summed E-state index contributed by atoms with van der Waals surface area (Å²) in [6, 6.07) is 34.3. The zero-order chi connectivity index (χ0) is 25.0. The van der Waals surface area contributed by atoms with Crippen LogP contribution in [0.2, 0.25) is 0 Å². The van der Waals surface area contributed by atoms with E-state index in [0.717, 1.165) is 50.4 Å². The molecular formula is C31H26N4OS. The third-order valence-corrected chi connectivity index (χ3v) is 7.41. The van der Waals surface area contributed by atoms with Crippen LogP contribution in [0.1, 0.15) is 11.3 Å². The van der Waals surface area contributed by atoms with Crippen molar-refractivity contribution in [1.82, 2.24) is 14.3 Å². The molecule has 0 unspecified atom stereocenters. The van der Waals surface area contributed by atoms with Crippen molar-refractivity contribution in [2.75, 3.05) is 11.9 Å². The van der Waals surface area contributed by atoms with Gasteiger partial charge in [0.15, 0.2) is 4.96 Å². The number of nitrogens with zero attached hydrogens (tertiary/aromatic N) is 3. The summed E-state index contributed by atoms with van der Waals surface area (Å²) in [6.07, 6.45) is 2.81. The largest absolute Gasteiger partial charge is 0.322 e. The maximum absolute atomic E-state index is 13.6. The predicted molar refractivity (Wildman–Crippen MR) is 152 cm³/mol. The molecule has 0 saturated heterocycles. The molecule has 0 radical (unpaired) electrons. The van der Waals surface area contributed by atoms with Crippen molar-refractivity contribution in [3.05, 3.63) is 126 Å². The number of benzene rings is 4. The molecule has 0 aliphatic carbocycles. The van der Waals surface area contributed by atoms with Gasteiger partial charge in [0.25, 0.3) is 0 Å². The first-order valence-corrected chi connectivity index (χ1v) is 13.2. The number of carbonyl (C=O) groups is 1. The molecule has 6 aromatic rings. The number of carbonyl (C=O) groups excluding carboxylic acids is 1. The Morgan fingerprint density at radius 3 is 2.43 bits per heavy atom. The summed E-state index contributed by atoms with van der Waals surface area (Å²) in [5, 5.41) is 7.44. The summed E-state index contributed by atoms with van der Waals surface area (Å²) >= 11 is 1.63. The molecule has 182 valence electrons. The number of rotatable bonds is 7. The summed E-state index contributed by atoms with van der Waals surface area (Å²) in [6.45, 7) is 1.11. The smallest absolute Gasteiger partial charge is 0.320 e. The quantitative estimate of drug-likeness (QED) is 0.246. The number of fused-ring (bicyclic) bond motifs is 2. The summed E-state index contributed by atoms with van der Waals surface area (Å²) in [5.74, 6) is 0. The van der Waals surface area contributed by atoms with Crippen LogP contribution in [-0.2, 0) is 13.0 Å². The van der Waals surface area contributed by atoms with Gasteiger partial charge in [-0.15, -0.1) is 11.3 Å². The lowest BCUT2D eigenvalue weighted by Gasteiger charge is -2.24. The molecule has 2 heterocycles. The Hall–Kier alpha value is -4.42. The second-order valence-corrected chi connectivity index (χ2v) is 9.82. The zero-order valence-electron chi connectivity index (χ0n) is 20.2. The molecule has 2 amide bonds. The molecule has 2 aromatic heterocycles. The van der Waals surface area contributed by atoms with Gasteiger partial charge in [-0.1, -0.05) is 97.1 Å². The topological polar surface area (TPSA) is 49.6 Å². The lowest BCUT2D eigenvalue weighted by molar-refractivity contribution is 0.209. The molecule has 37 heavy (non-hydrogen) atoms. The second kappa shape index (κ2) is 10.3. The number of nitrogens with one attached hydrogen (secondary N) is 1. The van der Waals surface area contributed by atoms with Crippen molar-refractivity contribution >= 4 is 38.8 Å². The van der Waals surface area contributed by atoms with Gasteiger partial charge in [0, 0.05) is 47.7 Å². The van der Waals surface area contributed by atoms with E-state index in [0.29, 0.717) is 13.1 Å². The number of aromatic nitrogens is 2. The van der Waals surface area contributed by atoms with E-state index in [1.54, 1.807) is 11.3 Å². The van der Waals surface area contributed by atoms with Crippen molar-refractivity contribution in [3.8, 4) is 11.3 Å². The van der Waals surface area contributed by atoms with E-state index in [1.807, 2.05) is 71.6 Å². The Morgan fingerprint density at radius 2 is 1.59 bits per heavy atom. The molecule has 0 saturated carbocycles. The van der Waals surface area contributed by atoms with E-state index in [2.05, 4.69) is 57.7 Å². The first kappa shape index (κ1) is 23.0. The average Bonchev–Trinajstić information content (AvgIpc) is 3.54. The standard InChI is InChI=1S/C31H26N4OS/c36-30(32-28-17-9-15-24-12-7-8-16-27(24)28)34(20-23-10-3-1-4-11-23)19-18-26-22-37-31-33-29(21-35(26)31)25-13-5-2-6-14-25/h1-17,21-22H,18-20H2,(H,32,36). The number of imidazole rings is 1. The lowest BCUT2D eigenvalue weighted by atomic mass is 10.1. The fourth-order valence-corrected chi connectivity index (χ4v) is 5.50. The van der Waals surface area contributed by atoms with Gasteiger partial charge in [-0.2, -0.15) is 0 Å². The van der Waals surface area contributed by atoms with E-state index in [4.69, 9.17) is 4.98 Å². The van der Waals surface area contributed by atoms with Gasteiger partial charge >= 0.3 is 6.03 Å². The van der Waals surface area contributed by atoms with Gasteiger partial charge in [0.2, 0.25) is 0 Å². The highest BCUT2D eigenvalue weighted by molar-refractivity contribution is 7.15. The van der Waals surface area contributed by atoms with Gasteiger partial charge in [0.1, 0.15) is 0 Å². The molecule has 0 atom stereocenters. The number of amides is 2. The third-order valence-electron chi connectivity index (χ3n) is 6.53. The second-order valence-electron chi connectivity index (χ2n) is 8.99. The fourth-order valence-electron chi connectivity index (χ4n) is 4.59. The van der Waals surface area contributed by atoms with Gasteiger partial charge in [-0.3, -0.25) is 4.40 Å². The van der Waals surface area contributed by atoms with Crippen LogP contribution in [0, 0.1) is 0 Å². The highest BCUT2D eigenvalue weighted by Crippen LogP contribution is 2.25. The number of thiazole rings is 1. The van der Waals surface area contributed by atoms with Crippen LogP contribution in [-0.4, -0.2) is 26.9 Å². The highest BCUT2D eigenvalue weighted by atomic mass is 32.1. The minimum absolute atomic E-state index is 0.109. The maximum Gasteiger partial charge on any atom is 0.322 e. The predicted octanol–water partition coefficient (Wildman–Crippen LogP) is 7.49. The van der Waals surface area contributed by atoms with Crippen molar-refractivity contribution in [2.24, 2.45) is 0 Å². The summed E-state index contributed by atoms with van der Waals surface area (Å²) < 4.78 is 2.15. The van der Waals surface area contributed by atoms with Crippen molar-refractivity contribution in [3.63, 3.8) is 0 Å². The van der Waals surface area contributed by atoms with Crippen molar-refractivity contribution in [1.29, 1.82) is 0 Å². The van der Waals surface area contributed by atoms with Crippen molar-refractivity contribution in [2.45, 2.75) is 13.0 Å². The molecular weight excluding hydrogens is 476 g/mol. The van der Waals surface area contributed by atoms with Crippen LogP contribution >= 0.6 is 11.3 Å². The minimum atomic E-state index is -0.109. The number of hydrogen-bond acceptors (Lipinski definition) is 3. The molecule has 0 fully saturated rings. The zero-order valence-corrected chi connectivity index (χ0v) is 21.1. The maximum atomic E-state index is 13.6. The lowest BCUT2D eigenvalue weighted by Crippen LogP contribution is -2.36. The Labute approximate surface area is 219 Å². The van der Waals surface area contributed by atoms with Crippen LogP contribution < -0.4 is 5.32 Å². The highest BCUT2D eigenvalue weighted by Gasteiger charge is 2.17. The molecule has 5 nitrogen and oxygen atoms in total. The summed E-state index contributed by atoms with van der Waals surface area (Å²) in [4.78, 5) is 21.2. The first-order valence-electron chi connectivity index (χ1n) is 12.3. The monoisotopic (exact) mass is 502 g/mol. The van der Waals surface area contributed by atoms with E-state index >= 15 is 0 Å². The minimum Gasteiger partial charge on any atom is -0.320 e. The Kier molecular flexibility index (Phi) is 6.40. The van der Waals surface area contributed by atoms with Crippen LogP contribution in [0.25, 0.3) is 27.0 Å². The number of hydrogen-bond donors (Lipinski definition) is 1. The molecule has 6 rings (SSSR count). The van der Waals surface area contributed by atoms with Crippen LogP contribution in [0.5, 0.6) is 0 Å². The van der Waals surface area contributed by atoms with Gasteiger partial charge in [-0.25, -0.2) is 9.78 Å². The molecule has 0 aliphatic rings. The molecule has 6 heteroatoms. The number of urea groups is 1.